The van der Waals surface area contributed by atoms with Crippen molar-refractivity contribution in [2.45, 2.75) is 30.8 Å². The number of thiazole rings is 1. The number of ether oxygens (including phenoxy) is 1. The van der Waals surface area contributed by atoms with Gasteiger partial charge in [-0.1, -0.05) is 54.2 Å². The van der Waals surface area contributed by atoms with Crippen LogP contribution in [0.4, 0.5) is 0 Å². The number of hydrogen-bond acceptors (Lipinski definition) is 7. The molecule has 0 unspecified atom stereocenters. The topological polar surface area (TPSA) is 74.3 Å². The summed E-state index contributed by atoms with van der Waals surface area (Å²) in [5.74, 6) is 2.03. The molecule has 0 aliphatic heterocycles. The Labute approximate surface area is 205 Å². The standard InChI is InChI=1S/C25H23N5O2S2/c1-17-15-33-24-26-19(14-22(31)30(17)24)16-34-25-28-27-23(20-10-6-7-11-21(20)32-2)29(25)13-12-18-8-4-3-5-9-18/h3-11,14-15H,12-13,16H2,1-2H3. The van der Waals surface area contributed by atoms with Gasteiger partial charge in [0.2, 0.25) is 0 Å². The van der Waals surface area contributed by atoms with Crippen molar-refractivity contribution in [2.24, 2.45) is 0 Å². The van der Waals surface area contributed by atoms with Gasteiger partial charge in [0.05, 0.1) is 18.4 Å². The maximum absolute atomic E-state index is 12.6. The quantitative estimate of drug-likeness (QED) is 0.290. The van der Waals surface area contributed by atoms with Gasteiger partial charge in [0.25, 0.3) is 5.56 Å². The highest BCUT2D eigenvalue weighted by Gasteiger charge is 2.18. The first-order valence-corrected chi connectivity index (χ1v) is 12.7. The van der Waals surface area contributed by atoms with Gasteiger partial charge in [-0.2, -0.15) is 0 Å². The molecule has 0 atom stereocenters. The van der Waals surface area contributed by atoms with E-state index in [1.165, 1.54) is 28.7 Å². The lowest BCUT2D eigenvalue weighted by molar-refractivity contribution is 0.415. The summed E-state index contributed by atoms with van der Waals surface area (Å²) in [6.45, 7) is 2.63. The molecule has 3 heterocycles. The van der Waals surface area contributed by atoms with E-state index in [-0.39, 0.29) is 5.56 Å². The van der Waals surface area contributed by atoms with Crippen molar-refractivity contribution in [3.05, 3.63) is 93.3 Å². The van der Waals surface area contributed by atoms with Gasteiger partial charge in [-0.3, -0.25) is 9.20 Å². The van der Waals surface area contributed by atoms with Gasteiger partial charge in [-0.25, -0.2) is 4.98 Å². The number of nitrogens with zero attached hydrogens (tertiary/aromatic N) is 5. The van der Waals surface area contributed by atoms with Crippen molar-refractivity contribution in [1.82, 2.24) is 24.1 Å². The van der Waals surface area contributed by atoms with Gasteiger partial charge in [0.15, 0.2) is 15.9 Å². The summed E-state index contributed by atoms with van der Waals surface area (Å²) in [4.78, 5) is 17.9. The Morgan fingerprint density at radius 1 is 1.06 bits per heavy atom. The third kappa shape index (κ3) is 4.49. The molecule has 0 bridgehead atoms. The Balaban J connectivity index is 1.46. The SMILES string of the molecule is COc1ccccc1-c1nnc(SCc2cc(=O)n3c(C)csc3n2)n1CCc1ccccc1. The van der Waals surface area contributed by atoms with Gasteiger partial charge < -0.3 is 9.30 Å². The van der Waals surface area contributed by atoms with Gasteiger partial charge >= 0.3 is 0 Å². The summed E-state index contributed by atoms with van der Waals surface area (Å²) in [6.07, 6.45) is 0.842. The van der Waals surface area contributed by atoms with Crippen LogP contribution in [0.2, 0.25) is 0 Å². The van der Waals surface area contributed by atoms with Crippen molar-refractivity contribution in [1.29, 1.82) is 0 Å². The van der Waals surface area contributed by atoms with Crippen LogP contribution in [0.5, 0.6) is 5.75 Å². The van der Waals surface area contributed by atoms with Crippen LogP contribution in [0.25, 0.3) is 16.3 Å². The van der Waals surface area contributed by atoms with Crippen molar-refractivity contribution in [2.75, 3.05) is 7.11 Å². The molecule has 34 heavy (non-hydrogen) atoms. The van der Waals surface area contributed by atoms with Crippen LogP contribution in [0.1, 0.15) is 17.0 Å². The minimum absolute atomic E-state index is 0.0559. The fourth-order valence-corrected chi connectivity index (χ4v) is 5.57. The van der Waals surface area contributed by atoms with Crippen LogP contribution < -0.4 is 10.3 Å². The first kappa shape index (κ1) is 22.4. The van der Waals surface area contributed by atoms with E-state index in [0.717, 1.165) is 40.1 Å². The van der Waals surface area contributed by atoms with Crippen LogP contribution in [0, 0.1) is 6.92 Å². The lowest BCUT2D eigenvalue weighted by Gasteiger charge is -2.12. The second-order valence-electron chi connectivity index (χ2n) is 7.76. The zero-order valence-electron chi connectivity index (χ0n) is 18.8. The van der Waals surface area contributed by atoms with Crippen LogP contribution >= 0.6 is 23.1 Å². The first-order chi connectivity index (χ1) is 16.6. The van der Waals surface area contributed by atoms with Crippen molar-refractivity contribution in [3.8, 4) is 17.1 Å². The molecule has 0 radical (unpaired) electrons. The fraction of sp³-hybridized carbons (Fsp3) is 0.200. The minimum atomic E-state index is -0.0559. The van der Waals surface area contributed by atoms with Crippen molar-refractivity contribution < 1.29 is 4.74 Å². The molecule has 3 aromatic heterocycles. The number of thioether (sulfide) groups is 1. The highest BCUT2D eigenvalue weighted by atomic mass is 32.2. The van der Waals surface area contributed by atoms with Gasteiger partial charge in [-0.15, -0.1) is 21.5 Å². The summed E-state index contributed by atoms with van der Waals surface area (Å²) in [5, 5.41) is 11.7. The third-order valence-electron chi connectivity index (χ3n) is 5.51. The van der Waals surface area contributed by atoms with E-state index in [1.54, 1.807) is 17.6 Å². The minimum Gasteiger partial charge on any atom is -0.496 e. The normalized spacial score (nSPS) is 11.2. The van der Waals surface area contributed by atoms with Crippen LogP contribution in [0.15, 0.2) is 76.0 Å². The Kier molecular flexibility index (Phi) is 6.46. The number of aryl methyl sites for hydroxylation is 2. The molecule has 2 aromatic carbocycles. The molecule has 9 heteroatoms. The molecule has 5 aromatic rings. The van der Waals surface area contributed by atoms with Crippen molar-refractivity contribution in [3.63, 3.8) is 0 Å². The molecule has 0 saturated heterocycles. The van der Waals surface area contributed by atoms with E-state index in [9.17, 15) is 4.79 Å². The average molecular weight is 490 g/mol. The molecule has 0 amide bonds. The predicted molar refractivity (Wildman–Crippen MR) is 136 cm³/mol. The number of rotatable bonds is 8. The molecule has 0 spiro atoms. The highest BCUT2D eigenvalue weighted by Crippen LogP contribution is 2.32. The summed E-state index contributed by atoms with van der Waals surface area (Å²) < 4.78 is 9.34. The molecule has 0 saturated carbocycles. The van der Waals surface area contributed by atoms with E-state index < -0.39 is 0 Å². The van der Waals surface area contributed by atoms with E-state index in [0.29, 0.717) is 17.3 Å². The Bertz CT molecular complexity index is 1490. The maximum Gasteiger partial charge on any atom is 0.258 e. The third-order valence-corrected chi connectivity index (χ3v) is 7.45. The largest absolute Gasteiger partial charge is 0.496 e. The smallest absolute Gasteiger partial charge is 0.258 e. The molecule has 5 rings (SSSR count). The molecule has 0 N–H and O–H groups in total. The van der Waals surface area contributed by atoms with E-state index >= 15 is 0 Å². The summed E-state index contributed by atoms with van der Waals surface area (Å²) in [6, 6.07) is 19.8. The number of methoxy groups -OCH3 is 1. The summed E-state index contributed by atoms with van der Waals surface area (Å²) >= 11 is 3.00. The van der Waals surface area contributed by atoms with Crippen LogP contribution in [-0.2, 0) is 18.7 Å². The van der Waals surface area contributed by atoms with Gasteiger partial charge in [0, 0.05) is 29.4 Å². The van der Waals surface area contributed by atoms with Crippen LogP contribution in [0.3, 0.4) is 0 Å². The Morgan fingerprint density at radius 3 is 2.68 bits per heavy atom. The average Bonchev–Trinajstić information content (AvgIpc) is 3.45. The number of para-hydroxylation sites is 1. The fourth-order valence-electron chi connectivity index (χ4n) is 3.82. The second kappa shape index (κ2) is 9.82. The predicted octanol–water partition coefficient (Wildman–Crippen LogP) is 4.87. The second-order valence-corrected chi connectivity index (χ2v) is 9.54. The molecule has 172 valence electrons. The summed E-state index contributed by atoms with van der Waals surface area (Å²) in [7, 11) is 1.66. The van der Waals surface area contributed by atoms with E-state index in [2.05, 4.69) is 31.9 Å². The summed E-state index contributed by atoms with van der Waals surface area (Å²) in [5.41, 5.74) is 3.71. The number of hydrogen-bond donors (Lipinski definition) is 0. The first-order valence-electron chi connectivity index (χ1n) is 10.8. The van der Waals surface area contributed by atoms with E-state index in [1.807, 2.05) is 54.8 Å². The number of benzene rings is 2. The number of aromatic nitrogens is 5. The number of fused-ring (bicyclic) bond motifs is 1. The maximum atomic E-state index is 12.6. The van der Waals surface area contributed by atoms with Crippen LogP contribution in [-0.4, -0.2) is 31.3 Å². The molecule has 7 nitrogen and oxygen atoms in total. The highest BCUT2D eigenvalue weighted by molar-refractivity contribution is 7.98. The molecular weight excluding hydrogens is 466 g/mol. The lowest BCUT2D eigenvalue weighted by Crippen LogP contribution is -2.14. The monoisotopic (exact) mass is 489 g/mol. The Hall–Kier alpha value is -3.43. The van der Waals surface area contributed by atoms with Gasteiger partial charge in [0.1, 0.15) is 5.75 Å². The van der Waals surface area contributed by atoms with Crippen molar-refractivity contribution >= 4 is 28.1 Å². The van der Waals surface area contributed by atoms with Gasteiger partial charge in [-0.05, 0) is 31.0 Å². The Morgan fingerprint density at radius 2 is 1.85 bits per heavy atom. The lowest BCUT2D eigenvalue weighted by atomic mass is 10.1. The molecule has 0 aliphatic carbocycles. The molecular formula is C25H23N5O2S2. The molecule has 0 fully saturated rings. The molecule has 0 aliphatic rings. The zero-order valence-corrected chi connectivity index (χ0v) is 20.5. The zero-order chi connectivity index (χ0) is 23.5. The van der Waals surface area contributed by atoms with E-state index in [4.69, 9.17) is 4.74 Å².